The number of guanidine groups is 1. The summed E-state index contributed by atoms with van der Waals surface area (Å²) >= 11 is 9.13. The highest BCUT2D eigenvalue weighted by molar-refractivity contribution is 9.10. The number of halogens is 2. The Morgan fingerprint density at radius 2 is 2.14 bits per heavy atom. The zero-order chi connectivity index (χ0) is 10.6. The van der Waals surface area contributed by atoms with Gasteiger partial charge in [0.1, 0.15) is 0 Å². The zero-order valence-corrected chi connectivity index (χ0v) is 9.46. The number of benzene rings is 1. The van der Waals surface area contributed by atoms with E-state index in [9.17, 15) is 0 Å². The van der Waals surface area contributed by atoms with Gasteiger partial charge in [0.05, 0.1) is 6.21 Å². The Morgan fingerprint density at radius 1 is 1.43 bits per heavy atom. The molecule has 0 fully saturated rings. The molecule has 4 N–H and O–H groups in total. The molecule has 4 nitrogen and oxygen atoms in total. The molecule has 0 saturated carbocycles. The lowest BCUT2D eigenvalue weighted by atomic mass is 10.2. The van der Waals surface area contributed by atoms with E-state index in [1.807, 2.05) is 6.07 Å². The Balaban J connectivity index is 2.91. The fourth-order valence-corrected chi connectivity index (χ4v) is 1.30. The van der Waals surface area contributed by atoms with Crippen molar-refractivity contribution in [2.75, 3.05) is 0 Å². The van der Waals surface area contributed by atoms with Gasteiger partial charge in [-0.15, -0.1) is 5.10 Å². The highest BCUT2D eigenvalue weighted by Gasteiger charge is 1.96. The first-order chi connectivity index (χ1) is 6.59. The third-order valence-corrected chi connectivity index (χ3v) is 2.29. The molecule has 0 atom stereocenters. The molecular weight excluding hydrogens is 267 g/mol. The van der Waals surface area contributed by atoms with Crippen LogP contribution in [0.4, 0.5) is 0 Å². The van der Waals surface area contributed by atoms with Crippen molar-refractivity contribution in [1.29, 1.82) is 0 Å². The molecule has 0 heterocycles. The zero-order valence-electron chi connectivity index (χ0n) is 7.11. The van der Waals surface area contributed by atoms with Gasteiger partial charge in [-0.3, -0.25) is 0 Å². The second-order valence-electron chi connectivity index (χ2n) is 2.44. The smallest absolute Gasteiger partial charge is 0.211 e. The van der Waals surface area contributed by atoms with E-state index in [1.165, 1.54) is 6.21 Å². The Bertz CT molecular complexity index is 385. The fourth-order valence-electron chi connectivity index (χ4n) is 0.771. The van der Waals surface area contributed by atoms with Gasteiger partial charge in [0, 0.05) is 15.1 Å². The summed E-state index contributed by atoms with van der Waals surface area (Å²) in [5.41, 5.74) is 11.0. The lowest BCUT2D eigenvalue weighted by molar-refractivity contribution is 1.21. The maximum absolute atomic E-state index is 5.79. The van der Waals surface area contributed by atoms with Crippen LogP contribution in [0.3, 0.4) is 0 Å². The lowest BCUT2D eigenvalue weighted by Crippen LogP contribution is -2.21. The van der Waals surface area contributed by atoms with E-state index in [4.69, 9.17) is 23.1 Å². The van der Waals surface area contributed by atoms with Crippen molar-refractivity contribution in [1.82, 2.24) is 0 Å². The average molecular weight is 276 g/mol. The summed E-state index contributed by atoms with van der Waals surface area (Å²) in [4.78, 5) is 0. The van der Waals surface area contributed by atoms with Crippen LogP contribution in [0, 0.1) is 0 Å². The van der Waals surface area contributed by atoms with E-state index in [1.54, 1.807) is 12.1 Å². The van der Waals surface area contributed by atoms with E-state index in [0.717, 1.165) is 10.0 Å². The van der Waals surface area contributed by atoms with Gasteiger partial charge < -0.3 is 11.5 Å². The van der Waals surface area contributed by atoms with Crippen molar-refractivity contribution < 1.29 is 0 Å². The Morgan fingerprint density at radius 3 is 2.79 bits per heavy atom. The van der Waals surface area contributed by atoms with Crippen LogP contribution < -0.4 is 11.5 Å². The summed E-state index contributed by atoms with van der Waals surface area (Å²) in [7, 11) is 0. The SMILES string of the molecule is NC(N)=NN=Cc1cc(Cl)ccc1Br. The molecule has 0 unspecified atom stereocenters. The van der Waals surface area contributed by atoms with Gasteiger partial charge in [-0.05, 0) is 18.2 Å². The van der Waals surface area contributed by atoms with Crippen LogP contribution in [0.15, 0.2) is 32.9 Å². The molecule has 14 heavy (non-hydrogen) atoms. The van der Waals surface area contributed by atoms with Crippen LogP contribution in [0.2, 0.25) is 5.02 Å². The highest BCUT2D eigenvalue weighted by Crippen LogP contribution is 2.19. The molecule has 74 valence electrons. The average Bonchev–Trinajstić information content (AvgIpc) is 2.10. The highest BCUT2D eigenvalue weighted by atomic mass is 79.9. The monoisotopic (exact) mass is 274 g/mol. The predicted molar refractivity (Wildman–Crippen MR) is 62.6 cm³/mol. The van der Waals surface area contributed by atoms with Crippen molar-refractivity contribution in [3.63, 3.8) is 0 Å². The molecule has 1 aromatic rings. The van der Waals surface area contributed by atoms with Crippen LogP contribution >= 0.6 is 27.5 Å². The van der Waals surface area contributed by atoms with Crippen molar-refractivity contribution in [2.24, 2.45) is 21.7 Å². The number of hydrogen-bond donors (Lipinski definition) is 2. The minimum atomic E-state index is -0.0839. The summed E-state index contributed by atoms with van der Waals surface area (Å²) in [6, 6.07) is 5.33. The van der Waals surface area contributed by atoms with Gasteiger partial charge in [0.25, 0.3) is 0 Å². The second kappa shape index (κ2) is 4.97. The van der Waals surface area contributed by atoms with Crippen LogP contribution in [0.25, 0.3) is 0 Å². The largest absolute Gasteiger partial charge is 0.369 e. The quantitative estimate of drug-likeness (QED) is 0.490. The molecule has 0 aromatic heterocycles. The summed E-state index contributed by atoms with van der Waals surface area (Å²) in [6.07, 6.45) is 1.51. The molecule has 0 spiro atoms. The maximum Gasteiger partial charge on any atom is 0.211 e. The standard InChI is InChI=1S/C8H8BrClN4/c9-7-2-1-6(10)3-5(7)4-13-14-8(11)12/h1-4H,(H4,11,12,14). The molecular formula is C8H8BrClN4. The van der Waals surface area contributed by atoms with Gasteiger partial charge in [-0.2, -0.15) is 5.10 Å². The minimum Gasteiger partial charge on any atom is -0.369 e. The summed E-state index contributed by atoms with van der Waals surface area (Å²) in [5, 5.41) is 7.76. The molecule has 0 bridgehead atoms. The molecule has 0 amide bonds. The minimum absolute atomic E-state index is 0.0839. The summed E-state index contributed by atoms with van der Waals surface area (Å²) < 4.78 is 0.872. The number of hydrogen-bond acceptors (Lipinski definition) is 2. The molecule has 0 aliphatic heterocycles. The number of nitrogens with zero attached hydrogens (tertiary/aromatic N) is 2. The Kier molecular flexibility index (Phi) is 3.91. The molecule has 0 radical (unpaired) electrons. The van der Waals surface area contributed by atoms with Gasteiger partial charge in [0.15, 0.2) is 0 Å². The topological polar surface area (TPSA) is 76.8 Å². The van der Waals surface area contributed by atoms with Crippen molar-refractivity contribution in [2.45, 2.75) is 0 Å². The van der Waals surface area contributed by atoms with Gasteiger partial charge in [0.2, 0.25) is 5.96 Å². The number of nitrogens with two attached hydrogens (primary N) is 2. The van der Waals surface area contributed by atoms with E-state index < -0.39 is 0 Å². The summed E-state index contributed by atoms with van der Waals surface area (Å²) in [6.45, 7) is 0. The van der Waals surface area contributed by atoms with E-state index in [-0.39, 0.29) is 5.96 Å². The van der Waals surface area contributed by atoms with Crippen molar-refractivity contribution in [3.05, 3.63) is 33.3 Å². The molecule has 1 rings (SSSR count). The predicted octanol–water partition coefficient (Wildman–Crippen LogP) is 1.71. The molecule has 6 heteroatoms. The van der Waals surface area contributed by atoms with Crippen LogP contribution in [0.5, 0.6) is 0 Å². The first-order valence-electron chi connectivity index (χ1n) is 3.66. The van der Waals surface area contributed by atoms with Crippen LogP contribution in [-0.4, -0.2) is 12.2 Å². The normalized spacial score (nSPS) is 10.4. The molecule has 1 aromatic carbocycles. The molecule has 0 saturated heterocycles. The van der Waals surface area contributed by atoms with Crippen molar-refractivity contribution >= 4 is 39.7 Å². The van der Waals surface area contributed by atoms with Crippen LogP contribution in [-0.2, 0) is 0 Å². The number of rotatable bonds is 2. The Hall–Kier alpha value is -1.07. The van der Waals surface area contributed by atoms with Crippen molar-refractivity contribution in [3.8, 4) is 0 Å². The third-order valence-electron chi connectivity index (χ3n) is 1.33. The summed E-state index contributed by atoms with van der Waals surface area (Å²) in [5.74, 6) is -0.0839. The first-order valence-corrected chi connectivity index (χ1v) is 4.83. The maximum atomic E-state index is 5.79. The fraction of sp³-hybridized carbons (Fsp3) is 0. The van der Waals surface area contributed by atoms with Gasteiger partial charge in [-0.25, -0.2) is 0 Å². The first kappa shape index (κ1) is 11.0. The van der Waals surface area contributed by atoms with Gasteiger partial charge >= 0.3 is 0 Å². The van der Waals surface area contributed by atoms with E-state index in [0.29, 0.717) is 5.02 Å². The molecule has 0 aliphatic carbocycles. The van der Waals surface area contributed by atoms with Crippen LogP contribution in [0.1, 0.15) is 5.56 Å². The third kappa shape index (κ3) is 3.35. The van der Waals surface area contributed by atoms with E-state index in [2.05, 4.69) is 26.1 Å². The lowest BCUT2D eigenvalue weighted by Gasteiger charge is -1.96. The second-order valence-corrected chi connectivity index (χ2v) is 3.73. The Labute approximate surface area is 94.8 Å². The molecule has 0 aliphatic rings. The van der Waals surface area contributed by atoms with Gasteiger partial charge in [-0.1, -0.05) is 27.5 Å². The van der Waals surface area contributed by atoms with E-state index >= 15 is 0 Å².